The summed E-state index contributed by atoms with van der Waals surface area (Å²) in [7, 11) is 1.48. The van der Waals surface area contributed by atoms with Crippen molar-refractivity contribution in [3.05, 3.63) is 47.0 Å². The summed E-state index contributed by atoms with van der Waals surface area (Å²) in [5.74, 6) is -1.52. The molecule has 0 aliphatic heterocycles. The van der Waals surface area contributed by atoms with Crippen LogP contribution in [0.2, 0.25) is 5.02 Å². The van der Waals surface area contributed by atoms with Crippen molar-refractivity contribution in [1.29, 1.82) is 0 Å². The van der Waals surface area contributed by atoms with E-state index in [0.29, 0.717) is 16.5 Å². The minimum atomic E-state index is -1.04. The Labute approximate surface area is 113 Å². The van der Waals surface area contributed by atoms with Gasteiger partial charge in [-0.25, -0.2) is 8.78 Å². The number of nitrogens with two attached hydrogens (primary N) is 1. The van der Waals surface area contributed by atoms with Crippen LogP contribution in [0, 0.1) is 11.6 Å². The molecule has 0 bridgehead atoms. The van der Waals surface area contributed by atoms with E-state index in [-0.39, 0.29) is 11.4 Å². The highest BCUT2D eigenvalue weighted by Crippen LogP contribution is 2.32. The normalized spacial score (nSPS) is 10.3. The smallest absolute Gasteiger partial charge is 0.184 e. The van der Waals surface area contributed by atoms with Crippen LogP contribution in [0.1, 0.15) is 0 Å². The highest BCUT2D eigenvalue weighted by Gasteiger charge is 2.12. The topological polar surface area (TPSA) is 47.3 Å². The average molecular weight is 285 g/mol. The first-order valence-corrected chi connectivity index (χ1v) is 5.74. The molecule has 0 aliphatic rings. The lowest BCUT2D eigenvalue weighted by Crippen LogP contribution is -2.01. The standard InChI is InChI=1S/C13H11ClF2N2O/c1-19-11-5-2-7(6-8(11)14)18-13-10(17)4-3-9(15)12(13)16/h2-6,18H,17H2,1H3. The fraction of sp³-hybridized carbons (Fsp3) is 0.0769. The van der Waals surface area contributed by atoms with Crippen LogP contribution in [0.3, 0.4) is 0 Å². The monoisotopic (exact) mass is 284 g/mol. The lowest BCUT2D eigenvalue weighted by atomic mass is 10.2. The molecule has 0 aromatic heterocycles. The molecule has 3 N–H and O–H groups in total. The van der Waals surface area contributed by atoms with E-state index in [0.717, 1.165) is 6.07 Å². The second-order valence-electron chi connectivity index (χ2n) is 3.80. The van der Waals surface area contributed by atoms with Gasteiger partial charge in [-0.15, -0.1) is 0 Å². The molecule has 0 saturated heterocycles. The zero-order chi connectivity index (χ0) is 14.0. The number of benzene rings is 2. The van der Waals surface area contributed by atoms with E-state index >= 15 is 0 Å². The Balaban J connectivity index is 2.36. The number of methoxy groups -OCH3 is 1. The first-order valence-electron chi connectivity index (χ1n) is 5.37. The number of rotatable bonds is 3. The average Bonchev–Trinajstić information content (AvgIpc) is 2.39. The summed E-state index contributed by atoms with van der Waals surface area (Å²) in [5.41, 5.74) is 6.06. The van der Waals surface area contributed by atoms with Crippen molar-refractivity contribution < 1.29 is 13.5 Å². The molecular formula is C13H11ClF2N2O. The Morgan fingerprint density at radius 1 is 1.21 bits per heavy atom. The molecule has 0 heterocycles. The summed E-state index contributed by atoms with van der Waals surface area (Å²) in [5, 5.41) is 3.04. The molecule has 0 saturated carbocycles. The summed E-state index contributed by atoms with van der Waals surface area (Å²) in [6.45, 7) is 0. The Kier molecular flexibility index (Phi) is 3.76. The van der Waals surface area contributed by atoms with E-state index in [1.807, 2.05) is 0 Å². The molecule has 0 fully saturated rings. The van der Waals surface area contributed by atoms with Crippen molar-refractivity contribution in [2.75, 3.05) is 18.2 Å². The van der Waals surface area contributed by atoms with Crippen molar-refractivity contribution in [1.82, 2.24) is 0 Å². The lowest BCUT2D eigenvalue weighted by Gasteiger charge is -2.12. The largest absolute Gasteiger partial charge is 0.495 e. The molecule has 2 aromatic carbocycles. The number of hydrogen-bond donors (Lipinski definition) is 2. The molecule has 0 unspecified atom stereocenters. The minimum absolute atomic E-state index is 0.103. The van der Waals surface area contributed by atoms with Crippen LogP contribution < -0.4 is 15.8 Å². The second kappa shape index (κ2) is 5.32. The zero-order valence-corrected chi connectivity index (χ0v) is 10.8. The van der Waals surface area contributed by atoms with Crippen molar-refractivity contribution >= 4 is 28.7 Å². The highest BCUT2D eigenvalue weighted by molar-refractivity contribution is 6.32. The number of anilines is 3. The van der Waals surface area contributed by atoms with Crippen LogP contribution in [-0.4, -0.2) is 7.11 Å². The van der Waals surface area contributed by atoms with Gasteiger partial charge in [-0.1, -0.05) is 11.6 Å². The van der Waals surface area contributed by atoms with Crippen LogP contribution in [0.4, 0.5) is 25.8 Å². The molecule has 19 heavy (non-hydrogen) atoms. The molecule has 2 aromatic rings. The maximum atomic E-state index is 13.6. The highest BCUT2D eigenvalue weighted by atomic mass is 35.5. The third kappa shape index (κ3) is 2.71. The van der Waals surface area contributed by atoms with Gasteiger partial charge in [0.25, 0.3) is 0 Å². The Morgan fingerprint density at radius 3 is 2.58 bits per heavy atom. The molecule has 0 amide bonds. The van der Waals surface area contributed by atoms with Crippen LogP contribution in [0.25, 0.3) is 0 Å². The number of nitrogens with one attached hydrogen (secondary N) is 1. The van der Waals surface area contributed by atoms with E-state index in [4.69, 9.17) is 22.1 Å². The quantitative estimate of drug-likeness (QED) is 0.839. The SMILES string of the molecule is COc1ccc(Nc2c(N)ccc(F)c2F)cc1Cl. The van der Waals surface area contributed by atoms with Crippen LogP contribution in [0.5, 0.6) is 5.75 Å². The van der Waals surface area contributed by atoms with Gasteiger partial charge in [0.15, 0.2) is 11.6 Å². The van der Waals surface area contributed by atoms with E-state index in [9.17, 15) is 8.78 Å². The number of halogens is 3. The van der Waals surface area contributed by atoms with Crippen molar-refractivity contribution in [3.63, 3.8) is 0 Å². The minimum Gasteiger partial charge on any atom is -0.495 e. The van der Waals surface area contributed by atoms with Crippen LogP contribution >= 0.6 is 11.6 Å². The van der Waals surface area contributed by atoms with Gasteiger partial charge in [-0.05, 0) is 30.3 Å². The van der Waals surface area contributed by atoms with Gasteiger partial charge in [0, 0.05) is 5.69 Å². The zero-order valence-electron chi connectivity index (χ0n) is 10.0. The Hall–Kier alpha value is -2.01. The number of hydrogen-bond acceptors (Lipinski definition) is 3. The fourth-order valence-electron chi connectivity index (χ4n) is 1.58. The molecular weight excluding hydrogens is 274 g/mol. The van der Waals surface area contributed by atoms with E-state index in [1.165, 1.54) is 19.2 Å². The third-order valence-electron chi connectivity index (χ3n) is 2.55. The van der Waals surface area contributed by atoms with Gasteiger partial charge in [0.1, 0.15) is 11.4 Å². The summed E-state index contributed by atoms with van der Waals surface area (Å²) in [6, 6.07) is 7.01. The third-order valence-corrected chi connectivity index (χ3v) is 2.84. The van der Waals surface area contributed by atoms with Gasteiger partial charge in [0.05, 0.1) is 17.8 Å². The predicted octanol–water partition coefficient (Wildman–Crippen LogP) is 3.95. The van der Waals surface area contributed by atoms with Gasteiger partial charge < -0.3 is 15.8 Å². The van der Waals surface area contributed by atoms with Crippen molar-refractivity contribution in [2.24, 2.45) is 0 Å². The second-order valence-corrected chi connectivity index (χ2v) is 4.21. The summed E-state index contributed by atoms with van der Waals surface area (Å²) < 4.78 is 31.8. The van der Waals surface area contributed by atoms with Gasteiger partial charge >= 0.3 is 0 Å². The predicted molar refractivity (Wildman–Crippen MR) is 72.1 cm³/mol. The first kappa shape index (κ1) is 13.4. The summed E-state index contributed by atoms with van der Waals surface area (Å²) in [4.78, 5) is 0. The van der Waals surface area contributed by atoms with Gasteiger partial charge in [-0.3, -0.25) is 0 Å². The van der Waals surface area contributed by atoms with Gasteiger partial charge in [-0.2, -0.15) is 0 Å². The number of ether oxygens (including phenoxy) is 1. The van der Waals surface area contributed by atoms with Crippen LogP contribution in [0.15, 0.2) is 30.3 Å². The molecule has 0 atom stereocenters. The lowest BCUT2D eigenvalue weighted by molar-refractivity contribution is 0.415. The van der Waals surface area contributed by atoms with E-state index in [2.05, 4.69) is 5.32 Å². The maximum Gasteiger partial charge on any atom is 0.184 e. The number of nitrogen functional groups attached to an aromatic ring is 1. The van der Waals surface area contributed by atoms with Crippen molar-refractivity contribution in [2.45, 2.75) is 0 Å². The molecule has 6 heteroatoms. The fourth-order valence-corrected chi connectivity index (χ4v) is 1.84. The Bertz CT molecular complexity index is 620. The Morgan fingerprint density at radius 2 is 1.95 bits per heavy atom. The molecule has 0 spiro atoms. The molecule has 0 radical (unpaired) electrons. The van der Waals surface area contributed by atoms with Crippen molar-refractivity contribution in [3.8, 4) is 5.75 Å². The molecule has 2 rings (SSSR count). The first-order chi connectivity index (χ1) is 9.02. The maximum absolute atomic E-state index is 13.6. The molecule has 100 valence electrons. The van der Waals surface area contributed by atoms with E-state index < -0.39 is 11.6 Å². The molecule has 0 aliphatic carbocycles. The molecule has 3 nitrogen and oxygen atoms in total. The van der Waals surface area contributed by atoms with Crippen LogP contribution in [-0.2, 0) is 0 Å². The van der Waals surface area contributed by atoms with Gasteiger partial charge in [0.2, 0.25) is 0 Å². The summed E-state index contributed by atoms with van der Waals surface area (Å²) in [6.07, 6.45) is 0. The van der Waals surface area contributed by atoms with E-state index in [1.54, 1.807) is 12.1 Å². The summed E-state index contributed by atoms with van der Waals surface area (Å²) >= 11 is 5.94.